The van der Waals surface area contributed by atoms with Crippen LogP contribution in [-0.4, -0.2) is 54.3 Å². The first-order chi connectivity index (χ1) is 12.5. The molecule has 2 saturated heterocycles. The molecule has 0 aliphatic carbocycles. The molecule has 0 saturated carbocycles. The molecular weight excluding hydrogens is 332 g/mol. The Morgan fingerprint density at radius 2 is 1.88 bits per heavy atom. The van der Waals surface area contributed by atoms with E-state index in [0.717, 1.165) is 25.1 Å². The van der Waals surface area contributed by atoms with E-state index in [-0.39, 0.29) is 29.8 Å². The van der Waals surface area contributed by atoms with Crippen LogP contribution >= 0.6 is 0 Å². The Balaban J connectivity index is 1.60. The fourth-order valence-electron chi connectivity index (χ4n) is 3.57. The summed E-state index contributed by atoms with van der Waals surface area (Å²) in [5.41, 5.74) is 7.49. The Bertz CT molecular complexity index is 689. The lowest BCUT2D eigenvalue weighted by Gasteiger charge is -2.36. The van der Waals surface area contributed by atoms with Crippen molar-refractivity contribution in [2.45, 2.75) is 44.7 Å². The van der Waals surface area contributed by atoms with Gasteiger partial charge in [-0.25, -0.2) is 0 Å². The third-order valence-electron chi connectivity index (χ3n) is 5.18. The van der Waals surface area contributed by atoms with E-state index in [9.17, 15) is 14.4 Å². The van der Waals surface area contributed by atoms with Gasteiger partial charge in [-0.1, -0.05) is 0 Å². The first kappa shape index (κ1) is 18.4. The first-order valence-electron chi connectivity index (χ1n) is 9.18. The summed E-state index contributed by atoms with van der Waals surface area (Å²) < 4.78 is 0. The van der Waals surface area contributed by atoms with Gasteiger partial charge in [0.2, 0.25) is 11.8 Å². The molecule has 7 nitrogen and oxygen atoms in total. The molecule has 7 heteroatoms. The summed E-state index contributed by atoms with van der Waals surface area (Å²) in [7, 11) is 0. The second kappa shape index (κ2) is 7.86. The summed E-state index contributed by atoms with van der Waals surface area (Å²) in [5.74, 6) is -0.0389. The number of nitrogens with two attached hydrogens (primary N) is 1. The molecule has 1 aromatic rings. The van der Waals surface area contributed by atoms with Gasteiger partial charge in [0, 0.05) is 56.3 Å². The Kier molecular flexibility index (Phi) is 5.56. The number of amides is 3. The van der Waals surface area contributed by atoms with Gasteiger partial charge in [0.25, 0.3) is 5.91 Å². The van der Waals surface area contributed by atoms with Crippen molar-refractivity contribution in [3.8, 4) is 0 Å². The maximum atomic E-state index is 12.5. The highest BCUT2D eigenvalue weighted by molar-refractivity contribution is 5.97. The molecule has 2 fully saturated rings. The fraction of sp³-hybridized carbons (Fsp3) is 0.526. The van der Waals surface area contributed by atoms with Crippen molar-refractivity contribution >= 4 is 23.4 Å². The molecular formula is C19H26N4O3. The minimum Gasteiger partial charge on any atom is -0.348 e. The van der Waals surface area contributed by atoms with E-state index in [1.54, 1.807) is 21.9 Å². The predicted octanol–water partition coefficient (Wildman–Crippen LogP) is 0.881. The normalized spacial score (nSPS) is 23.7. The molecule has 2 aliphatic rings. The molecule has 2 unspecified atom stereocenters. The molecule has 1 aromatic carbocycles. The van der Waals surface area contributed by atoms with E-state index < -0.39 is 0 Å². The van der Waals surface area contributed by atoms with Gasteiger partial charge >= 0.3 is 0 Å². The lowest BCUT2D eigenvalue weighted by Crippen LogP contribution is -2.58. The van der Waals surface area contributed by atoms with Crippen LogP contribution in [-0.2, 0) is 9.59 Å². The summed E-state index contributed by atoms with van der Waals surface area (Å²) in [6.07, 6.45) is 3.18. The van der Waals surface area contributed by atoms with Crippen molar-refractivity contribution in [3.05, 3.63) is 29.8 Å². The zero-order chi connectivity index (χ0) is 18.7. The van der Waals surface area contributed by atoms with Crippen molar-refractivity contribution in [2.24, 2.45) is 5.73 Å². The number of anilines is 1. The molecule has 3 amide bonds. The standard InChI is InChI=1S/C19H26N4O3/c1-13(24)22-11-9-17(16(20)12-22)21-19(26)14-5-7-15(8-6-14)23-10-3-2-4-18(23)25/h5-8,16-17H,2-4,9-12,20H2,1H3,(H,21,26). The molecule has 3 rings (SSSR count). The van der Waals surface area contributed by atoms with Gasteiger partial charge in [0.1, 0.15) is 0 Å². The number of piperidine rings is 2. The molecule has 0 aromatic heterocycles. The number of carbonyl (C=O) groups is 3. The summed E-state index contributed by atoms with van der Waals surface area (Å²) in [4.78, 5) is 39.4. The maximum Gasteiger partial charge on any atom is 0.251 e. The summed E-state index contributed by atoms with van der Waals surface area (Å²) in [6.45, 7) is 3.31. The van der Waals surface area contributed by atoms with E-state index in [1.165, 1.54) is 6.92 Å². The smallest absolute Gasteiger partial charge is 0.251 e. The van der Waals surface area contributed by atoms with E-state index in [1.807, 2.05) is 12.1 Å². The Morgan fingerprint density at radius 1 is 1.15 bits per heavy atom. The Morgan fingerprint density at radius 3 is 2.50 bits per heavy atom. The van der Waals surface area contributed by atoms with E-state index in [0.29, 0.717) is 31.5 Å². The van der Waals surface area contributed by atoms with Gasteiger partial charge in [-0.2, -0.15) is 0 Å². The molecule has 0 spiro atoms. The molecule has 0 radical (unpaired) electrons. The van der Waals surface area contributed by atoms with Crippen LogP contribution in [0.25, 0.3) is 0 Å². The van der Waals surface area contributed by atoms with Crippen LogP contribution in [0.4, 0.5) is 5.69 Å². The van der Waals surface area contributed by atoms with Gasteiger partial charge in [-0.3, -0.25) is 14.4 Å². The van der Waals surface area contributed by atoms with Crippen molar-refractivity contribution in [2.75, 3.05) is 24.5 Å². The Hall–Kier alpha value is -2.41. The Labute approximate surface area is 153 Å². The minimum atomic E-state index is -0.276. The molecule has 2 heterocycles. The van der Waals surface area contributed by atoms with Crippen LogP contribution < -0.4 is 16.0 Å². The lowest BCUT2D eigenvalue weighted by atomic mass is 9.99. The molecule has 26 heavy (non-hydrogen) atoms. The van der Waals surface area contributed by atoms with Crippen molar-refractivity contribution in [1.29, 1.82) is 0 Å². The molecule has 2 aliphatic heterocycles. The number of nitrogens with zero attached hydrogens (tertiary/aromatic N) is 2. The highest BCUT2D eigenvalue weighted by Gasteiger charge is 2.29. The number of likely N-dealkylation sites (tertiary alicyclic amines) is 1. The van der Waals surface area contributed by atoms with Crippen LogP contribution in [0.1, 0.15) is 43.0 Å². The minimum absolute atomic E-state index is 0.00748. The van der Waals surface area contributed by atoms with Gasteiger partial charge in [0.05, 0.1) is 0 Å². The number of carbonyl (C=O) groups excluding carboxylic acids is 3. The largest absolute Gasteiger partial charge is 0.348 e. The lowest BCUT2D eigenvalue weighted by molar-refractivity contribution is -0.130. The SMILES string of the molecule is CC(=O)N1CCC(NC(=O)c2ccc(N3CCCCC3=O)cc2)C(N)C1. The first-order valence-corrected chi connectivity index (χ1v) is 9.18. The third kappa shape index (κ3) is 4.04. The third-order valence-corrected chi connectivity index (χ3v) is 5.18. The summed E-state index contributed by atoms with van der Waals surface area (Å²) >= 11 is 0. The van der Waals surface area contributed by atoms with Crippen molar-refractivity contribution in [3.63, 3.8) is 0 Å². The second-order valence-electron chi connectivity index (χ2n) is 7.05. The van der Waals surface area contributed by atoms with Crippen LogP contribution in [0.15, 0.2) is 24.3 Å². The number of hydrogen-bond donors (Lipinski definition) is 2. The summed E-state index contributed by atoms with van der Waals surface area (Å²) in [6, 6.07) is 6.68. The predicted molar refractivity (Wildman–Crippen MR) is 98.7 cm³/mol. The van der Waals surface area contributed by atoms with Crippen LogP contribution in [0.2, 0.25) is 0 Å². The van der Waals surface area contributed by atoms with Gasteiger partial charge < -0.3 is 20.9 Å². The molecule has 0 bridgehead atoms. The van der Waals surface area contributed by atoms with Crippen LogP contribution in [0, 0.1) is 0 Å². The average Bonchev–Trinajstić information content (AvgIpc) is 2.63. The molecule has 140 valence electrons. The van der Waals surface area contributed by atoms with E-state index >= 15 is 0 Å². The van der Waals surface area contributed by atoms with Crippen LogP contribution in [0.3, 0.4) is 0 Å². The second-order valence-corrected chi connectivity index (χ2v) is 7.05. The van der Waals surface area contributed by atoms with Crippen molar-refractivity contribution in [1.82, 2.24) is 10.2 Å². The quantitative estimate of drug-likeness (QED) is 0.838. The molecule has 3 N–H and O–H groups in total. The maximum absolute atomic E-state index is 12.5. The highest BCUT2D eigenvalue weighted by Crippen LogP contribution is 2.21. The number of nitrogens with one attached hydrogen (secondary N) is 1. The zero-order valence-corrected chi connectivity index (χ0v) is 15.1. The topological polar surface area (TPSA) is 95.7 Å². The highest BCUT2D eigenvalue weighted by atomic mass is 16.2. The molecule has 2 atom stereocenters. The number of rotatable bonds is 3. The van der Waals surface area contributed by atoms with E-state index in [4.69, 9.17) is 5.73 Å². The number of benzene rings is 1. The van der Waals surface area contributed by atoms with Crippen LogP contribution in [0.5, 0.6) is 0 Å². The monoisotopic (exact) mass is 358 g/mol. The zero-order valence-electron chi connectivity index (χ0n) is 15.1. The average molecular weight is 358 g/mol. The van der Waals surface area contributed by atoms with Gasteiger partial charge in [-0.15, -0.1) is 0 Å². The summed E-state index contributed by atoms with van der Waals surface area (Å²) in [5, 5.41) is 2.97. The number of hydrogen-bond acceptors (Lipinski definition) is 4. The fourth-order valence-corrected chi connectivity index (χ4v) is 3.57. The van der Waals surface area contributed by atoms with Gasteiger partial charge in [-0.05, 0) is 43.5 Å². The van der Waals surface area contributed by atoms with E-state index in [2.05, 4.69) is 5.32 Å². The van der Waals surface area contributed by atoms with Crippen molar-refractivity contribution < 1.29 is 14.4 Å². The van der Waals surface area contributed by atoms with Gasteiger partial charge in [0.15, 0.2) is 0 Å².